The third-order valence-corrected chi connectivity index (χ3v) is 5.50. The summed E-state index contributed by atoms with van der Waals surface area (Å²) in [5, 5.41) is 2.54. The Bertz CT molecular complexity index is 692. The Morgan fingerprint density at radius 1 is 1.26 bits per heavy atom. The molecule has 0 aliphatic heterocycles. The number of hydrogen-bond donors (Lipinski definition) is 1. The van der Waals surface area contributed by atoms with Crippen LogP contribution < -0.4 is 5.32 Å². The Balaban J connectivity index is 2.94. The number of carbonyl (C=O) groups excluding carboxylic acids is 2. The number of halogens is 1. The molecule has 0 spiro atoms. The van der Waals surface area contributed by atoms with Crippen LogP contribution in [-0.4, -0.2) is 45.5 Å². The molecule has 0 fully saturated rings. The van der Waals surface area contributed by atoms with Gasteiger partial charge in [-0.25, -0.2) is 13.2 Å². The average molecular weight is 406 g/mol. The van der Waals surface area contributed by atoms with Gasteiger partial charge in [-0.2, -0.15) is 0 Å². The number of esters is 1. The lowest BCUT2D eigenvalue weighted by molar-refractivity contribution is -0.142. The van der Waals surface area contributed by atoms with E-state index in [9.17, 15) is 18.0 Å². The van der Waals surface area contributed by atoms with E-state index in [4.69, 9.17) is 0 Å². The molecule has 0 radical (unpaired) electrons. The van der Waals surface area contributed by atoms with Crippen molar-refractivity contribution in [1.82, 2.24) is 5.32 Å². The van der Waals surface area contributed by atoms with Crippen molar-refractivity contribution in [1.29, 1.82) is 0 Å². The van der Waals surface area contributed by atoms with Gasteiger partial charge in [0.05, 0.1) is 12.9 Å². The van der Waals surface area contributed by atoms with Crippen molar-refractivity contribution in [2.45, 2.75) is 26.3 Å². The van der Waals surface area contributed by atoms with Gasteiger partial charge in [-0.15, -0.1) is 0 Å². The summed E-state index contributed by atoms with van der Waals surface area (Å²) >= 11 is 3.42. The number of methoxy groups -OCH3 is 1. The predicted molar refractivity (Wildman–Crippen MR) is 91.2 cm³/mol. The van der Waals surface area contributed by atoms with E-state index in [2.05, 4.69) is 26.0 Å². The van der Waals surface area contributed by atoms with Crippen molar-refractivity contribution < 1.29 is 22.7 Å². The number of benzene rings is 1. The first-order valence-corrected chi connectivity index (χ1v) is 9.73. The normalized spacial score (nSPS) is 12.6. The quantitative estimate of drug-likeness (QED) is 0.728. The van der Waals surface area contributed by atoms with Crippen LogP contribution in [0.5, 0.6) is 0 Å². The standard InChI is InChI=1S/C15H20BrNO5S/c1-9-7-11(8-10(2)13(9)16)14(18)17-12(15(19)22-3)5-6-23(4,20)21/h7-8,12H,5-6H2,1-4H3,(H,17,18)/t12-/m0/s1. The number of rotatable bonds is 6. The van der Waals surface area contributed by atoms with Crippen molar-refractivity contribution in [2.24, 2.45) is 0 Å². The molecule has 0 bridgehead atoms. The van der Waals surface area contributed by atoms with Gasteiger partial charge in [0.2, 0.25) is 0 Å². The lowest BCUT2D eigenvalue weighted by Gasteiger charge is -2.17. The SMILES string of the molecule is COC(=O)[C@H](CCS(C)(=O)=O)NC(=O)c1cc(C)c(Br)c(C)c1. The lowest BCUT2D eigenvalue weighted by atomic mass is 10.1. The molecule has 1 amide bonds. The Kier molecular flexibility index (Phi) is 6.76. The second-order valence-corrected chi connectivity index (χ2v) is 8.44. The van der Waals surface area contributed by atoms with E-state index in [0.717, 1.165) is 21.9 Å². The summed E-state index contributed by atoms with van der Waals surface area (Å²) < 4.78 is 28.1. The number of carbonyl (C=O) groups is 2. The van der Waals surface area contributed by atoms with Crippen LogP contribution in [0.4, 0.5) is 0 Å². The summed E-state index contributed by atoms with van der Waals surface area (Å²) in [6.45, 7) is 3.71. The smallest absolute Gasteiger partial charge is 0.328 e. The molecule has 0 aromatic heterocycles. The van der Waals surface area contributed by atoms with E-state index in [1.54, 1.807) is 12.1 Å². The third-order valence-electron chi connectivity index (χ3n) is 3.27. The van der Waals surface area contributed by atoms with Crippen molar-refractivity contribution in [2.75, 3.05) is 19.1 Å². The zero-order valence-corrected chi connectivity index (χ0v) is 15.9. The van der Waals surface area contributed by atoms with Gasteiger partial charge >= 0.3 is 5.97 Å². The first-order chi connectivity index (χ1) is 10.5. The zero-order valence-electron chi connectivity index (χ0n) is 13.5. The molecule has 0 aliphatic rings. The van der Waals surface area contributed by atoms with Crippen LogP contribution in [0, 0.1) is 13.8 Å². The highest BCUT2D eigenvalue weighted by atomic mass is 79.9. The molecule has 6 nitrogen and oxygen atoms in total. The van der Waals surface area contributed by atoms with E-state index in [1.807, 2.05) is 13.8 Å². The number of amides is 1. The third kappa shape index (κ3) is 5.95. The number of sulfone groups is 1. The largest absolute Gasteiger partial charge is 0.467 e. The Morgan fingerprint density at radius 2 is 1.78 bits per heavy atom. The summed E-state index contributed by atoms with van der Waals surface area (Å²) in [7, 11) is -2.06. The molecule has 1 aromatic carbocycles. The van der Waals surface area contributed by atoms with Gasteiger partial charge in [0.15, 0.2) is 0 Å². The van der Waals surface area contributed by atoms with Crippen LogP contribution in [0.25, 0.3) is 0 Å². The first kappa shape index (κ1) is 19.6. The summed E-state index contributed by atoms with van der Waals surface area (Å²) in [5.74, 6) is -1.34. The molecule has 0 saturated carbocycles. The fourth-order valence-corrected chi connectivity index (χ4v) is 2.93. The van der Waals surface area contributed by atoms with Gasteiger partial charge in [0.25, 0.3) is 5.91 Å². The van der Waals surface area contributed by atoms with Crippen molar-refractivity contribution in [3.05, 3.63) is 33.3 Å². The summed E-state index contributed by atoms with van der Waals surface area (Å²) in [6.07, 6.45) is 1.04. The fourth-order valence-electron chi connectivity index (χ4n) is 2.04. The zero-order chi connectivity index (χ0) is 17.8. The van der Waals surface area contributed by atoms with Crippen molar-refractivity contribution in [3.8, 4) is 0 Å². The monoisotopic (exact) mass is 405 g/mol. The molecule has 23 heavy (non-hydrogen) atoms. The Labute approximate surface area is 144 Å². The maximum absolute atomic E-state index is 12.3. The maximum Gasteiger partial charge on any atom is 0.328 e. The number of nitrogens with one attached hydrogen (secondary N) is 1. The highest BCUT2D eigenvalue weighted by molar-refractivity contribution is 9.10. The van der Waals surface area contributed by atoms with Crippen LogP contribution in [0.1, 0.15) is 27.9 Å². The van der Waals surface area contributed by atoms with Crippen LogP contribution in [-0.2, 0) is 19.4 Å². The van der Waals surface area contributed by atoms with Gasteiger partial charge in [-0.1, -0.05) is 15.9 Å². The molecule has 0 saturated heterocycles. The van der Waals surface area contributed by atoms with Crippen LogP contribution >= 0.6 is 15.9 Å². The summed E-state index contributed by atoms with van der Waals surface area (Å²) in [5.41, 5.74) is 2.18. The Morgan fingerprint density at radius 3 is 2.22 bits per heavy atom. The molecule has 1 rings (SSSR count). The van der Waals surface area contributed by atoms with Gasteiger partial charge in [-0.05, 0) is 43.5 Å². The average Bonchev–Trinajstić information content (AvgIpc) is 2.46. The maximum atomic E-state index is 12.3. The Hall–Kier alpha value is -1.41. The van der Waals surface area contributed by atoms with E-state index in [-0.39, 0.29) is 12.2 Å². The van der Waals surface area contributed by atoms with E-state index in [1.165, 1.54) is 7.11 Å². The highest BCUT2D eigenvalue weighted by Crippen LogP contribution is 2.22. The minimum atomic E-state index is -3.25. The minimum absolute atomic E-state index is 0.0360. The van der Waals surface area contributed by atoms with Crippen molar-refractivity contribution >= 4 is 37.6 Å². The second kappa shape index (κ2) is 7.92. The minimum Gasteiger partial charge on any atom is -0.467 e. The molecule has 1 atom stereocenters. The van der Waals surface area contributed by atoms with Crippen LogP contribution in [0.2, 0.25) is 0 Å². The van der Waals surface area contributed by atoms with Crippen LogP contribution in [0.15, 0.2) is 16.6 Å². The molecule has 1 N–H and O–H groups in total. The summed E-state index contributed by atoms with van der Waals surface area (Å²) in [4.78, 5) is 24.1. The lowest BCUT2D eigenvalue weighted by Crippen LogP contribution is -2.42. The van der Waals surface area contributed by atoms with Gasteiger partial charge in [-0.3, -0.25) is 4.79 Å². The molecule has 0 unspecified atom stereocenters. The first-order valence-electron chi connectivity index (χ1n) is 6.88. The molecule has 8 heteroatoms. The molecule has 0 aliphatic carbocycles. The topological polar surface area (TPSA) is 89.5 Å². The summed E-state index contributed by atoms with van der Waals surface area (Å²) in [6, 6.07) is 2.38. The second-order valence-electron chi connectivity index (χ2n) is 5.39. The van der Waals surface area contributed by atoms with E-state index < -0.39 is 27.8 Å². The number of hydrogen-bond acceptors (Lipinski definition) is 5. The van der Waals surface area contributed by atoms with Crippen molar-refractivity contribution in [3.63, 3.8) is 0 Å². The van der Waals surface area contributed by atoms with Gasteiger partial charge < -0.3 is 10.1 Å². The van der Waals surface area contributed by atoms with E-state index in [0.29, 0.717) is 5.56 Å². The molecular formula is C15H20BrNO5S. The molecule has 1 aromatic rings. The highest BCUT2D eigenvalue weighted by Gasteiger charge is 2.24. The number of ether oxygens (including phenoxy) is 1. The van der Waals surface area contributed by atoms with Crippen LogP contribution in [0.3, 0.4) is 0 Å². The molecule has 0 heterocycles. The molecular weight excluding hydrogens is 386 g/mol. The molecule has 128 valence electrons. The predicted octanol–water partition coefficient (Wildman–Crippen LogP) is 1.77. The number of aryl methyl sites for hydroxylation is 2. The van der Waals surface area contributed by atoms with Gasteiger partial charge in [0.1, 0.15) is 15.9 Å². The van der Waals surface area contributed by atoms with E-state index >= 15 is 0 Å². The van der Waals surface area contributed by atoms with Gasteiger partial charge in [0, 0.05) is 16.3 Å². The fraction of sp³-hybridized carbons (Fsp3) is 0.467.